The van der Waals surface area contributed by atoms with Crippen LogP contribution in [0.25, 0.3) is 0 Å². The Kier molecular flexibility index (Phi) is 8.32. The Labute approximate surface area is 240 Å². The highest BCUT2D eigenvalue weighted by Gasteiger charge is 2.45. The third kappa shape index (κ3) is 6.09. The molecule has 4 aliphatic rings. The summed E-state index contributed by atoms with van der Waals surface area (Å²) in [5, 5.41) is 10.7. The molecule has 1 N–H and O–H groups in total. The molecule has 2 aliphatic heterocycles. The van der Waals surface area contributed by atoms with E-state index in [1.807, 2.05) is 24.3 Å². The third-order valence-corrected chi connectivity index (χ3v) is 9.19. The van der Waals surface area contributed by atoms with Crippen LogP contribution in [0.5, 0.6) is 5.75 Å². The second-order valence-corrected chi connectivity index (χ2v) is 13.1. The monoisotopic (exact) mass is 565 g/mol. The highest BCUT2D eigenvalue weighted by molar-refractivity contribution is 8.04. The fraction of sp³-hybridized carbons (Fsp3) is 0.500. The Morgan fingerprint density at radius 2 is 1.77 bits per heavy atom. The Balaban J connectivity index is 1.21. The first kappa shape index (κ1) is 28.7. The number of carbonyl (C=O) groups is 2. The molecule has 1 aromatic carbocycles. The molecule has 1 atom stereocenters. The number of thioether (sulfide) groups is 1. The summed E-state index contributed by atoms with van der Waals surface area (Å²) in [5.74, 6) is 1.78. The van der Waals surface area contributed by atoms with Gasteiger partial charge in [0.2, 0.25) is 11.6 Å². The maximum atomic E-state index is 13.0. The molecule has 2 heterocycles. The molecule has 2 aliphatic carbocycles. The van der Waals surface area contributed by atoms with Crippen molar-refractivity contribution in [2.24, 2.45) is 0 Å². The van der Waals surface area contributed by atoms with Gasteiger partial charge < -0.3 is 24.2 Å². The van der Waals surface area contributed by atoms with Gasteiger partial charge in [0.1, 0.15) is 34.7 Å². The number of ketones is 2. The van der Waals surface area contributed by atoms with Crippen LogP contribution in [0.15, 0.2) is 70.1 Å². The largest absolute Gasteiger partial charge is 0.501 e. The predicted molar refractivity (Wildman–Crippen MR) is 156 cm³/mol. The van der Waals surface area contributed by atoms with E-state index < -0.39 is 23.3 Å². The number of fused-ring (bicyclic) bond motifs is 2. The van der Waals surface area contributed by atoms with Crippen LogP contribution in [0.1, 0.15) is 52.0 Å². The second kappa shape index (κ2) is 11.6. The summed E-state index contributed by atoms with van der Waals surface area (Å²) in [6.07, 6.45) is 7.66. The number of aliphatic hydroxyl groups excluding tert-OH is 1. The van der Waals surface area contributed by atoms with Crippen molar-refractivity contribution in [2.75, 3.05) is 39.1 Å². The molecule has 1 unspecified atom stereocenters. The summed E-state index contributed by atoms with van der Waals surface area (Å²) in [7, 11) is 1.60. The third-order valence-electron chi connectivity index (χ3n) is 8.13. The number of ether oxygens (including phenoxy) is 3. The van der Waals surface area contributed by atoms with Crippen molar-refractivity contribution in [3.63, 3.8) is 0 Å². The standard InChI is InChI=1S/C32H39NO6S/c1-31(2,3)21-5-7-24(8-6-21)38-20-22(34)19-33-16-13-32(14-17-33)15-18-40-30-28(36)27(35)25-11-9-23(37-4)10-12-26(25)29(30)39-32/h5-8,10-12,22,34H,9,13-20H2,1-4H3. The number of rotatable bonds is 6. The molecule has 0 bridgehead atoms. The van der Waals surface area contributed by atoms with Gasteiger partial charge in [-0.2, -0.15) is 0 Å². The van der Waals surface area contributed by atoms with Gasteiger partial charge >= 0.3 is 0 Å². The second-order valence-electron chi connectivity index (χ2n) is 12.0. The molecule has 0 radical (unpaired) electrons. The molecule has 40 heavy (non-hydrogen) atoms. The number of carbonyl (C=O) groups excluding carboxylic acids is 2. The van der Waals surface area contributed by atoms with Crippen LogP contribution >= 0.6 is 11.8 Å². The van der Waals surface area contributed by atoms with Crippen LogP contribution in [-0.2, 0) is 24.5 Å². The normalized spacial score (nSPS) is 22.2. The lowest BCUT2D eigenvalue weighted by Gasteiger charge is -2.42. The molecule has 8 heteroatoms. The minimum absolute atomic E-state index is 0.0850. The van der Waals surface area contributed by atoms with Crippen LogP contribution in [0.3, 0.4) is 0 Å². The Bertz CT molecular complexity index is 1280. The number of methoxy groups -OCH3 is 1. The van der Waals surface area contributed by atoms with Crippen LogP contribution in [0.2, 0.25) is 0 Å². The van der Waals surface area contributed by atoms with Crippen molar-refractivity contribution in [3.05, 3.63) is 75.6 Å². The van der Waals surface area contributed by atoms with Gasteiger partial charge in [-0.1, -0.05) is 39.0 Å². The lowest BCUT2D eigenvalue weighted by Crippen LogP contribution is -2.48. The molecular formula is C32H39NO6S. The fourth-order valence-corrected chi connectivity index (χ4v) is 6.78. The summed E-state index contributed by atoms with van der Waals surface area (Å²) in [4.78, 5) is 28.6. The zero-order valence-electron chi connectivity index (χ0n) is 23.8. The van der Waals surface area contributed by atoms with E-state index in [1.54, 1.807) is 13.2 Å². The molecule has 1 saturated heterocycles. The van der Waals surface area contributed by atoms with E-state index in [9.17, 15) is 14.7 Å². The minimum atomic E-state index is -0.608. The van der Waals surface area contributed by atoms with Crippen LogP contribution in [0.4, 0.5) is 0 Å². The SMILES string of the molecule is COC1=CC=C2C(=CC1)C(=O)C(=O)C1=C2OC2(CCS1)CCN(CC(O)COc1ccc(C(C)(C)C)cc1)CC2. The van der Waals surface area contributed by atoms with E-state index in [4.69, 9.17) is 14.2 Å². The van der Waals surface area contributed by atoms with Crippen molar-refractivity contribution in [1.82, 2.24) is 4.90 Å². The van der Waals surface area contributed by atoms with Crippen molar-refractivity contribution in [1.29, 1.82) is 0 Å². The average Bonchev–Trinajstić information content (AvgIpc) is 3.26. The maximum absolute atomic E-state index is 13.0. The number of hydrogen-bond donors (Lipinski definition) is 1. The molecule has 214 valence electrons. The number of β-amino-alcohol motifs (C(OH)–C–C–N with tert-alkyl or cyclic N) is 1. The van der Waals surface area contributed by atoms with Gasteiger partial charge in [0, 0.05) is 43.0 Å². The van der Waals surface area contributed by atoms with Gasteiger partial charge in [-0.15, -0.1) is 11.8 Å². The summed E-state index contributed by atoms with van der Waals surface area (Å²) in [5.41, 5.74) is 1.99. The van der Waals surface area contributed by atoms with E-state index in [0.29, 0.717) is 40.5 Å². The highest BCUT2D eigenvalue weighted by Crippen LogP contribution is 2.46. The maximum Gasteiger partial charge on any atom is 0.243 e. The average molecular weight is 566 g/mol. The number of aliphatic hydroxyl groups is 1. The molecule has 1 fully saturated rings. The fourth-order valence-electron chi connectivity index (χ4n) is 5.59. The number of allylic oxidation sites excluding steroid dienone is 5. The van der Waals surface area contributed by atoms with Gasteiger partial charge in [-0.3, -0.25) is 9.59 Å². The topological polar surface area (TPSA) is 85.3 Å². The van der Waals surface area contributed by atoms with Crippen LogP contribution in [-0.4, -0.2) is 72.4 Å². The molecular weight excluding hydrogens is 526 g/mol. The van der Waals surface area contributed by atoms with E-state index in [0.717, 1.165) is 43.9 Å². The van der Waals surface area contributed by atoms with Crippen molar-refractivity contribution in [2.45, 2.75) is 63.6 Å². The van der Waals surface area contributed by atoms with E-state index in [2.05, 4.69) is 37.8 Å². The van der Waals surface area contributed by atoms with Gasteiger partial charge in [-0.05, 0) is 54.5 Å². The number of nitrogens with zero attached hydrogens (tertiary/aromatic N) is 1. The molecule has 0 aromatic heterocycles. The Morgan fingerprint density at radius 1 is 1.05 bits per heavy atom. The number of hydrogen-bond acceptors (Lipinski definition) is 8. The number of likely N-dealkylation sites (tertiary alicyclic amines) is 1. The lowest BCUT2D eigenvalue weighted by atomic mass is 9.86. The van der Waals surface area contributed by atoms with Gasteiger partial charge in [0.05, 0.1) is 12.9 Å². The van der Waals surface area contributed by atoms with Gasteiger partial charge in [-0.25, -0.2) is 0 Å². The molecule has 1 aromatic rings. The summed E-state index contributed by atoms with van der Waals surface area (Å²) in [6.45, 7) is 8.83. The highest BCUT2D eigenvalue weighted by atomic mass is 32.2. The number of benzene rings is 1. The van der Waals surface area contributed by atoms with Crippen LogP contribution < -0.4 is 4.74 Å². The first-order valence-corrected chi connectivity index (χ1v) is 15.0. The van der Waals surface area contributed by atoms with Gasteiger partial charge in [0.15, 0.2) is 0 Å². The number of piperidine rings is 1. The predicted octanol–water partition coefficient (Wildman–Crippen LogP) is 4.86. The first-order valence-electron chi connectivity index (χ1n) is 14.0. The van der Waals surface area contributed by atoms with Crippen molar-refractivity contribution in [3.8, 4) is 5.75 Å². The minimum Gasteiger partial charge on any atom is -0.501 e. The van der Waals surface area contributed by atoms with Crippen molar-refractivity contribution < 1.29 is 28.9 Å². The van der Waals surface area contributed by atoms with Gasteiger partial charge in [0.25, 0.3) is 0 Å². The smallest absolute Gasteiger partial charge is 0.243 e. The molecule has 5 rings (SSSR count). The zero-order chi connectivity index (χ0) is 28.5. The lowest BCUT2D eigenvalue weighted by molar-refractivity contribution is -0.132. The molecule has 0 saturated carbocycles. The molecule has 1 spiro atoms. The molecule has 7 nitrogen and oxygen atoms in total. The van der Waals surface area contributed by atoms with E-state index in [1.165, 1.54) is 17.3 Å². The zero-order valence-corrected chi connectivity index (χ0v) is 24.6. The summed E-state index contributed by atoms with van der Waals surface area (Å²) < 4.78 is 18.0. The quantitative estimate of drug-likeness (QED) is 0.490. The number of Topliss-reactive ketones (excluding diaryl/α,β-unsaturated/α-hetero) is 2. The van der Waals surface area contributed by atoms with E-state index in [-0.39, 0.29) is 12.0 Å². The van der Waals surface area contributed by atoms with Crippen LogP contribution in [0, 0.1) is 0 Å². The summed E-state index contributed by atoms with van der Waals surface area (Å²) in [6, 6.07) is 8.07. The van der Waals surface area contributed by atoms with E-state index >= 15 is 0 Å². The summed E-state index contributed by atoms with van der Waals surface area (Å²) >= 11 is 1.43. The Morgan fingerprint density at radius 3 is 2.45 bits per heavy atom. The first-order chi connectivity index (χ1) is 19.1. The molecule has 0 amide bonds. The van der Waals surface area contributed by atoms with Crippen molar-refractivity contribution >= 4 is 23.3 Å². The Hall–Kier alpha value is -2.81.